The number of halogens is 1. The second-order valence-corrected chi connectivity index (χ2v) is 16.3. The van der Waals surface area contributed by atoms with Crippen LogP contribution in [0.3, 0.4) is 0 Å². The number of hydrogen-bond donors (Lipinski definition) is 1. The highest BCUT2D eigenvalue weighted by atomic mass is 79.9. The average molecular weight is 504 g/mol. The van der Waals surface area contributed by atoms with Gasteiger partial charge in [-0.1, -0.05) is 63.6 Å². The van der Waals surface area contributed by atoms with E-state index in [9.17, 15) is 9.90 Å². The fraction of sp³-hybridized carbons (Fsp3) is 0.417. The van der Waals surface area contributed by atoms with Gasteiger partial charge in [0.15, 0.2) is 8.24 Å². The number of carboxylic acid groups (broad SMARTS) is 1. The summed E-state index contributed by atoms with van der Waals surface area (Å²) in [6.07, 6.45) is 3.91. The number of ether oxygens (including phenoxy) is 1. The third kappa shape index (κ3) is 4.57. The molecular weight excluding hydrogens is 472 g/mol. The number of aromatic carboxylic acids is 1. The summed E-state index contributed by atoms with van der Waals surface area (Å²) in [4.78, 5) is 16.4. The van der Waals surface area contributed by atoms with Gasteiger partial charge in [-0.05, 0) is 47.1 Å². The summed E-state index contributed by atoms with van der Waals surface area (Å²) < 4.78 is 9.30. The molecule has 0 spiro atoms. The minimum Gasteiger partial charge on any atom is -0.491 e. The van der Waals surface area contributed by atoms with Crippen molar-refractivity contribution >= 4 is 41.2 Å². The number of rotatable bonds is 6. The molecule has 31 heavy (non-hydrogen) atoms. The largest absolute Gasteiger partial charge is 0.491 e. The van der Waals surface area contributed by atoms with Crippen molar-refractivity contribution in [1.82, 2.24) is 9.22 Å². The Balaban J connectivity index is 1.87. The fourth-order valence-electron chi connectivity index (χ4n) is 3.50. The van der Waals surface area contributed by atoms with Gasteiger partial charge in [0, 0.05) is 15.3 Å². The highest BCUT2D eigenvalue weighted by Gasteiger charge is 2.38. The molecule has 2 heterocycles. The first-order valence-electron chi connectivity index (χ1n) is 10.4. The Morgan fingerprint density at radius 1 is 1.16 bits per heavy atom. The number of hydrogen-bond acceptors (Lipinski definition) is 3. The van der Waals surface area contributed by atoms with Crippen LogP contribution in [0.5, 0.6) is 5.75 Å². The average Bonchev–Trinajstić information content (AvgIpc) is 3.09. The quantitative estimate of drug-likeness (QED) is 0.380. The zero-order valence-electron chi connectivity index (χ0n) is 19.3. The topological polar surface area (TPSA) is 64.4 Å². The number of fused-ring (bicyclic) bond motifs is 1. The monoisotopic (exact) mass is 502 g/mol. The third-order valence-electron chi connectivity index (χ3n) is 6.48. The van der Waals surface area contributed by atoms with E-state index in [4.69, 9.17) is 9.72 Å². The zero-order chi connectivity index (χ0) is 23.2. The van der Waals surface area contributed by atoms with Crippen molar-refractivity contribution in [1.29, 1.82) is 0 Å². The third-order valence-corrected chi connectivity index (χ3v) is 12.2. The number of aromatic nitrogens is 2. The molecule has 7 heteroatoms. The second kappa shape index (κ2) is 8.09. The molecule has 0 saturated heterocycles. The molecular formula is C24H31BrN2O3Si. The number of nitrogens with zero attached hydrogens (tertiary/aromatic N) is 2. The number of carboxylic acids is 1. The van der Waals surface area contributed by atoms with E-state index in [2.05, 4.69) is 66.3 Å². The summed E-state index contributed by atoms with van der Waals surface area (Å²) >= 11 is 3.45. The molecule has 1 aromatic carbocycles. The first-order chi connectivity index (χ1) is 14.2. The molecule has 3 rings (SSSR count). The summed E-state index contributed by atoms with van der Waals surface area (Å²) in [5.41, 5.74) is 1.50. The molecule has 3 aromatic rings. The van der Waals surface area contributed by atoms with Gasteiger partial charge in [0.05, 0.1) is 18.4 Å². The van der Waals surface area contributed by atoms with Crippen molar-refractivity contribution < 1.29 is 14.6 Å². The van der Waals surface area contributed by atoms with Gasteiger partial charge in [-0.2, -0.15) is 0 Å². The lowest BCUT2D eigenvalue weighted by molar-refractivity contribution is 0.0693. The van der Waals surface area contributed by atoms with Gasteiger partial charge in [0.1, 0.15) is 11.4 Å². The molecule has 0 atom stereocenters. The molecule has 0 amide bonds. The Hall–Kier alpha value is -2.12. The van der Waals surface area contributed by atoms with Gasteiger partial charge in [-0.3, -0.25) is 0 Å². The number of carbonyl (C=O) groups is 1. The minimum atomic E-state index is -1.77. The van der Waals surface area contributed by atoms with Crippen LogP contribution < -0.4 is 4.74 Å². The zero-order valence-corrected chi connectivity index (χ0v) is 21.9. The standard InChI is InChI=1S/C24H31BrN2O3Si/c1-23(2,3)31(6,7)27-11-10-16-12-18(14-26-21(16)27)30-15-24(4,5)20-13-17(25)8-9-19(20)22(28)29/h8-14H,15H2,1-7H3,(H,28,29). The van der Waals surface area contributed by atoms with Gasteiger partial charge in [0.25, 0.3) is 0 Å². The van der Waals surface area contributed by atoms with E-state index in [0.29, 0.717) is 12.4 Å². The van der Waals surface area contributed by atoms with E-state index >= 15 is 0 Å². The summed E-state index contributed by atoms with van der Waals surface area (Å²) in [5, 5.41) is 10.8. The maximum absolute atomic E-state index is 11.7. The van der Waals surface area contributed by atoms with E-state index < -0.39 is 19.6 Å². The minimum absolute atomic E-state index is 0.200. The Morgan fingerprint density at radius 2 is 1.84 bits per heavy atom. The van der Waals surface area contributed by atoms with Gasteiger partial charge in [-0.25, -0.2) is 9.78 Å². The van der Waals surface area contributed by atoms with Crippen molar-refractivity contribution in [2.75, 3.05) is 6.61 Å². The predicted octanol–water partition coefficient (Wildman–Crippen LogP) is 6.71. The van der Waals surface area contributed by atoms with Crippen molar-refractivity contribution in [2.24, 2.45) is 0 Å². The fourth-order valence-corrected chi connectivity index (χ4v) is 5.75. The highest BCUT2D eigenvalue weighted by molar-refractivity contribution is 9.10. The van der Waals surface area contributed by atoms with Crippen LogP contribution in [0.25, 0.3) is 11.0 Å². The molecule has 166 valence electrons. The summed E-state index contributed by atoms with van der Waals surface area (Å²) in [7, 11) is -1.77. The van der Waals surface area contributed by atoms with Crippen molar-refractivity contribution in [3.63, 3.8) is 0 Å². The van der Waals surface area contributed by atoms with Crippen molar-refractivity contribution in [3.8, 4) is 5.75 Å². The van der Waals surface area contributed by atoms with Crippen LogP contribution in [0.1, 0.15) is 50.5 Å². The molecule has 0 aliphatic heterocycles. The van der Waals surface area contributed by atoms with Gasteiger partial charge in [0.2, 0.25) is 0 Å². The van der Waals surface area contributed by atoms with Crippen LogP contribution in [-0.2, 0) is 5.41 Å². The van der Waals surface area contributed by atoms with Crippen LogP contribution >= 0.6 is 15.9 Å². The normalized spacial score (nSPS) is 12.9. The molecule has 0 fully saturated rings. The first-order valence-corrected chi connectivity index (χ1v) is 14.1. The smallest absolute Gasteiger partial charge is 0.335 e. The van der Waals surface area contributed by atoms with Crippen LogP contribution in [-0.4, -0.2) is 35.1 Å². The molecule has 0 aliphatic rings. The van der Waals surface area contributed by atoms with E-state index in [0.717, 1.165) is 21.1 Å². The summed E-state index contributed by atoms with van der Waals surface area (Å²) in [5.74, 6) is -0.258. The molecule has 0 bridgehead atoms. The number of benzene rings is 1. The predicted molar refractivity (Wildman–Crippen MR) is 132 cm³/mol. The van der Waals surface area contributed by atoms with Gasteiger partial charge in [-0.15, -0.1) is 0 Å². The maximum atomic E-state index is 11.7. The van der Waals surface area contributed by atoms with E-state index in [1.54, 1.807) is 18.3 Å². The Morgan fingerprint density at radius 3 is 2.45 bits per heavy atom. The Bertz CT molecular complexity index is 1130. The number of pyridine rings is 1. The van der Waals surface area contributed by atoms with Crippen LogP contribution in [0.2, 0.25) is 18.1 Å². The van der Waals surface area contributed by atoms with E-state index in [1.807, 2.05) is 26.0 Å². The molecule has 0 unspecified atom stereocenters. The first kappa shape index (κ1) is 23.5. The lowest BCUT2D eigenvalue weighted by atomic mass is 9.82. The summed E-state index contributed by atoms with van der Waals surface area (Å²) in [6.45, 7) is 15.9. The molecule has 0 aliphatic carbocycles. The Kier molecular flexibility index (Phi) is 6.15. The molecule has 0 radical (unpaired) electrons. The van der Waals surface area contributed by atoms with Gasteiger partial charge < -0.3 is 14.1 Å². The van der Waals surface area contributed by atoms with Crippen LogP contribution in [0, 0.1) is 0 Å². The molecule has 2 aromatic heterocycles. The molecule has 0 saturated carbocycles. The highest BCUT2D eigenvalue weighted by Crippen LogP contribution is 2.39. The lowest BCUT2D eigenvalue weighted by Gasteiger charge is -2.38. The van der Waals surface area contributed by atoms with Crippen LogP contribution in [0.15, 0.2) is 47.2 Å². The Labute approximate surface area is 193 Å². The summed E-state index contributed by atoms with van der Waals surface area (Å²) in [6, 6.07) is 9.34. The van der Waals surface area contributed by atoms with E-state index in [1.165, 1.54) is 0 Å². The van der Waals surface area contributed by atoms with Gasteiger partial charge >= 0.3 is 5.97 Å². The SMILES string of the molecule is CC(C)(COc1cnc2c(ccn2[Si](C)(C)C(C)(C)C)c1)c1cc(Br)ccc1C(=O)O. The lowest BCUT2D eigenvalue weighted by Crippen LogP contribution is -2.45. The van der Waals surface area contributed by atoms with Crippen molar-refractivity contribution in [3.05, 3.63) is 58.3 Å². The van der Waals surface area contributed by atoms with E-state index in [-0.39, 0.29) is 10.6 Å². The molecule has 5 nitrogen and oxygen atoms in total. The van der Waals surface area contributed by atoms with Crippen molar-refractivity contribution in [2.45, 2.75) is 58.2 Å². The molecule has 1 N–H and O–H groups in total. The maximum Gasteiger partial charge on any atom is 0.335 e. The second-order valence-electron chi connectivity index (χ2n) is 10.2. The van der Waals surface area contributed by atoms with Crippen LogP contribution in [0.4, 0.5) is 0 Å².